The number of rotatable bonds is 3. The van der Waals surface area contributed by atoms with Crippen molar-refractivity contribution in [2.24, 2.45) is 45.8 Å². The third kappa shape index (κ3) is 2.86. The zero-order valence-corrected chi connectivity index (χ0v) is 19.5. The molecule has 3 unspecified atom stereocenters. The molecule has 6 fully saturated rings. The van der Waals surface area contributed by atoms with E-state index < -0.39 is 0 Å². The Balaban J connectivity index is 1.18. The molecule has 0 aromatic carbocycles. The number of carbonyl (C=O) groups excluding carboxylic acids is 1. The second kappa shape index (κ2) is 7.04. The maximum absolute atomic E-state index is 13.6. The molecule has 6 rings (SSSR count). The summed E-state index contributed by atoms with van der Waals surface area (Å²) in [4.78, 5) is 16.0. The molecule has 0 radical (unpaired) electrons. The van der Waals surface area contributed by atoms with E-state index in [9.17, 15) is 4.79 Å². The fourth-order valence-electron chi connectivity index (χ4n) is 9.94. The topological polar surface area (TPSA) is 29.5 Å². The van der Waals surface area contributed by atoms with E-state index in [0.717, 1.165) is 56.4 Å². The van der Waals surface area contributed by atoms with Crippen LogP contribution in [0.2, 0.25) is 0 Å². The van der Waals surface area contributed by atoms with Gasteiger partial charge in [0.2, 0.25) is 0 Å². The third-order valence-electron chi connectivity index (χ3n) is 11.5. The molecular formula is C27H43NO2. The first-order valence-electron chi connectivity index (χ1n) is 13.3. The number of carbonyl (C=O) groups is 1. The van der Waals surface area contributed by atoms with Gasteiger partial charge in [-0.3, -0.25) is 9.69 Å². The number of ketones is 1. The summed E-state index contributed by atoms with van der Waals surface area (Å²) in [7, 11) is 0. The molecule has 0 amide bonds. The molecule has 4 aliphatic carbocycles. The second-order valence-electron chi connectivity index (χ2n) is 13.0. The molecular weight excluding hydrogens is 370 g/mol. The van der Waals surface area contributed by atoms with E-state index >= 15 is 0 Å². The summed E-state index contributed by atoms with van der Waals surface area (Å²) in [5, 5.41) is 0. The highest BCUT2D eigenvalue weighted by Gasteiger charge is 2.59. The number of fused-ring (bicyclic) bond motifs is 5. The summed E-state index contributed by atoms with van der Waals surface area (Å²) in [6, 6.07) is 0. The van der Waals surface area contributed by atoms with Crippen LogP contribution >= 0.6 is 0 Å². The first-order chi connectivity index (χ1) is 14.4. The fourth-order valence-corrected chi connectivity index (χ4v) is 9.94. The van der Waals surface area contributed by atoms with Gasteiger partial charge in [0.1, 0.15) is 5.78 Å². The zero-order chi connectivity index (χ0) is 20.6. The van der Waals surface area contributed by atoms with Gasteiger partial charge in [-0.2, -0.15) is 0 Å². The Hall–Kier alpha value is -0.410. The lowest BCUT2D eigenvalue weighted by Crippen LogP contribution is -2.67. The quantitative estimate of drug-likeness (QED) is 0.626. The summed E-state index contributed by atoms with van der Waals surface area (Å²) in [6.07, 6.45) is 15.4. The third-order valence-corrected chi connectivity index (χ3v) is 11.5. The highest BCUT2D eigenvalue weighted by molar-refractivity contribution is 5.84. The molecule has 2 saturated heterocycles. The summed E-state index contributed by atoms with van der Waals surface area (Å²) >= 11 is 0. The Morgan fingerprint density at radius 3 is 2.43 bits per heavy atom. The SMILES string of the molecule is C[C@]12CCCCC1CC[C@@H]1C2CC[C@@]2(C)C1CCC[C@@H]2C(=O)CN1CC2(COC2)C1. The van der Waals surface area contributed by atoms with Crippen LogP contribution in [0.15, 0.2) is 0 Å². The van der Waals surface area contributed by atoms with Gasteiger partial charge in [-0.25, -0.2) is 0 Å². The minimum absolute atomic E-state index is 0.274. The maximum Gasteiger partial charge on any atom is 0.150 e. The van der Waals surface area contributed by atoms with Gasteiger partial charge in [-0.15, -0.1) is 0 Å². The van der Waals surface area contributed by atoms with E-state index in [-0.39, 0.29) is 5.41 Å². The number of ether oxygens (including phenoxy) is 1. The average Bonchev–Trinajstić information content (AvgIpc) is 2.67. The number of Topliss-reactive ketones (excluding diaryl/α,β-unsaturated/α-hetero) is 1. The van der Waals surface area contributed by atoms with Crippen molar-refractivity contribution in [1.29, 1.82) is 0 Å². The summed E-state index contributed by atoms with van der Waals surface area (Å²) in [5.41, 5.74) is 1.30. The summed E-state index contributed by atoms with van der Waals surface area (Å²) < 4.78 is 5.42. The summed E-state index contributed by atoms with van der Waals surface area (Å²) in [6.45, 7) is 9.95. The average molecular weight is 414 g/mol. The lowest BCUT2D eigenvalue weighted by Gasteiger charge is -2.63. The van der Waals surface area contributed by atoms with Gasteiger partial charge in [0, 0.05) is 24.4 Å². The first-order valence-corrected chi connectivity index (χ1v) is 13.3. The molecule has 2 heterocycles. The number of hydrogen-bond acceptors (Lipinski definition) is 3. The molecule has 6 aliphatic rings. The fraction of sp³-hybridized carbons (Fsp3) is 0.963. The largest absolute Gasteiger partial charge is 0.380 e. The normalized spacial score (nSPS) is 49.9. The van der Waals surface area contributed by atoms with Crippen LogP contribution in [0.25, 0.3) is 0 Å². The molecule has 0 N–H and O–H groups in total. The lowest BCUT2D eigenvalue weighted by molar-refractivity contribution is -0.192. The predicted molar refractivity (Wildman–Crippen MR) is 119 cm³/mol. The maximum atomic E-state index is 13.6. The van der Waals surface area contributed by atoms with E-state index in [0.29, 0.717) is 29.1 Å². The molecule has 0 bridgehead atoms. The molecule has 7 atom stereocenters. The van der Waals surface area contributed by atoms with Gasteiger partial charge in [0.05, 0.1) is 19.8 Å². The van der Waals surface area contributed by atoms with Gasteiger partial charge in [-0.05, 0) is 85.9 Å². The number of nitrogens with zero attached hydrogens (tertiary/aromatic N) is 1. The van der Waals surface area contributed by atoms with Gasteiger partial charge in [-0.1, -0.05) is 33.1 Å². The van der Waals surface area contributed by atoms with Crippen LogP contribution < -0.4 is 0 Å². The smallest absolute Gasteiger partial charge is 0.150 e. The molecule has 168 valence electrons. The standard InChI is InChI=1S/C27H43NO2/c1-25-12-4-3-6-19(25)9-10-20-21-7-5-8-23(26(21,2)13-11-22(20)25)24(29)14-28-15-27(16-28)17-30-18-27/h19-23H,3-18H2,1-2H3/t19?,20-,21?,22?,23+,25-,26-/m0/s1. The molecule has 4 saturated carbocycles. The van der Waals surface area contributed by atoms with Crippen molar-refractivity contribution in [3.63, 3.8) is 0 Å². The van der Waals surface area contributed by atoms with E-state index in [2.05, 4.69) is 18.7 Å². The van der Waals surface area contributed by atoms with Crippen LogP contribution in [0.3, 0.4) is 0 Å². The molecule has 3 heteroatoms. The van der Waals surface area contributed by atoms with Crippen LogP contribution in [0, 0.1) is 45.8 Å². The van der Waals surface area contributed by atoms with Crippen LogP contribution in [-0.4, -0.2) is 43.5 Å². The van der Waals surface area contributed by atoms with Crippen LogP contribution in [0.5, 0.6) is 0 Å². The molecule has 0 aromatic rings. The van der Waals surface area contributed by atoms with Crippen molar-refractivity contribution >= 4 is 5.78 Å². The van der Waals surface area contributed by atoms with Crippen LogP contribution in [0.4, 0.5) is 0 Å². The van der Waals surface area contributed by atoms with Crippen molar-refractivity contribution in [3.8, 4) is 0 Å². The number of hydrogen-bond donors (Lipinski definition) is 0. The van der Waals surface area contributed by atoms with E-state index in [4.69, 9.17) is 4.74 Å². The molecule has 0 aromatic heterocycles. The molecule has 30 heavy (non-hydrogen) atoms. The molecule has 2 aliphatic heterocycles. The van der Waals surface area contributed by atoms with Gasteiger partial charge in [0.15, 0.2) is 0 Å². The highest BCUT2D eigenvalue weighted by atomic mass is 16.5. The summed E-state index contributed by atoms with van der Waals surface area (Å²) in [5.74, 6) is 4.54. The lowest BCUT2D eigenvalue weighted by atomic mass is 9.41. The van der Waals surface area contributed by atoms with Crippen molar-refractivity contribution in [2.75, 3.05) is 32.8 Å². The first kappa shape index (κ1) is 20.2. The van der Waals surface area contributed by atoms with Crippen molar-refractivity contribution in [2.45, 2.75) is 84.5 Å². The van der Waals surface area contributed by atoms with Gasteiger partial charge >= 0.3 is 0 Å². The monoisotopic (exact) mass is 413 g/mol. The minimum atomic E-state index is 0.274. The van der Waals surface area contributed by atoms with E-state index in [1.807, 2.05) is 0 Å². The Morgan fingerprint density at radius 2 is 1.67 bits per heavy atom. The second-order valence-corrected chi connectivity index (χ2v) is 13.0. The number of likely N-dealkylation sites (tertiary alicyclic amines) is 1. The Morgan fingerprint density at radius 1 is 0.867 bits per heavy atom. The highest BCUT2D eigenvalue weighted by Crippen LogP contribution is 2.66. The Bertz CT molecular complexity index is 693. The minimum Gasteiger partial charge on any atom is -0.380 e. The van der Waals surface area contributed by atoms with Crippen molar-refractivity contribution in [3.05, 3.63) is 0 Å². The van der Waals surface area contributed by atoms with Crippen LogP contribution in [0.1, 0.15) is 84.5 Å². The van der Waals surface area contributed by atoms with Crippen LogP contribution in [-0.2, 0) is 9.53 Å². The van der Waals surface area contributed by atoms with Crippen molar-refractivity contribution in [1.82, 2.24) is 4.90 Å². The Kier molecular flexibility index (Phi) is 4.75. The molecule has 3 nitrogen and oxygen atoms in total. The van der Waals surface area contributed by atoms with E-state index in [1.54, 1.807) is 0 Å². The van der Waals surface area contributed by atoms with Gasteiger partial charge in [0.25, 0.3) is 0 Å². The zero-order valence-electron chi connectivity index (χ0n) is 19.5. The van der Waals surface area contributed by atoms with Gasteiger partial charge < -0.3 is 4.74 Å². The van der Waals surface area contributed by atoms with E-state index in [1.165, 1.54) is 64.2 Å². The van der Waals surface area contributed by atoms with Crippen molar-refractivity contribution < 1.29 is 9.53 Å². The Labute approximate surface area is 183 Å². The molecule has 1 spiro atoms. The predicted octanol–water partition coefficient (Wildman–Crippen LogP) is 5.33.